The average molecular weight is 276 g/mol. The molecule has 1 aromatic carbocycles. The van der Waals surface area contributed by atoms with Crippen LogP contribution >= 0.6 is 0 Å². The molecule has 5 heteroatoms. The molecule has 2 atom stereocenters. The summed E-state index contributed by atoms with van der Waals surface area (Å²) in [6.07, 6.45) is 0.807. The number of fused-ring (bicyclic) bond motifs is 1. The van der Waals surface area contributed by atoms with Crippen molar-refractivity contribution in [3.63, 3.8) is 0 Å². The van der Waals surface area contributed by atoms with Crippen molar-refractivity contribution < 1.29 is 14.3 Å². The van der Waals surface area contributed by atoms with E-state index < -0.39 is 5.41 Å². The van der Waals surface area contributed by atoms with Gasteiger partial charge in [0.15, 0.2) is 0 Å². The molecule has 2 unspecified atom stereocenters. The predicted molar refractivity (Wildman–Crippen MR) is 74.6 cm³/mol. The Morgan fingerprint density at radius 2 is 2.40 bits per heavy atom. The molecule has 1 amide bonds. The minimum Gasteiger partial charge on any atom is -0.491 e. The first-order chi connectivity index (χ1) is 9.75. The number of methoxy groups -OCH3 is 1. The molecular weight excluding hydrogens is 256 g/mol. The summed E-state index contributed by atoms with van der Waals surface area (Å²) in [4.78, 5) is 12.6. The number of hydrogen-bond donors (Lipinski definition) is 2. The Labute approximate surface area is 118 Å². The molecule has 20 heavy (non-hydrogen) atoms. The van der Waals surface area contributed by atoms with Crippen LogP contribution in [0.4, 0.5) is 0 Å². The Kier molecular flexibility index (Phi) is 3.63. The van der Waals surface area contributed by atoms with Crippen LogP contribution in [0, 0.1) is 5.41 Å². The van der Waals surface area contributed by atoms with Gasteiger partial charge in [-0.15, -0.1) is 0 Å². The quantitative estimate of drug-likeness (QED) is 0.856. The largest absolute Gasteiger partial charge is 0.491 e. The fourth-order valence-corrected chi connectivity index (χ4v) is 3.00. The maximum Gasteiger partial charge on any atom is 0.230 e. The number of amides is 1. The van der Waals surface area contributed by atoms with Crippen LogP contribution in [0.15, 0.2) is 24.3 Å². The van der Waals surface area contributed by atoms with Gasteiger partial charge in [0.25, 0.3) is 0 Å². The normalized spacial score (nSPS) is 27.9. The average Bonchev–Trinajstić information content (AvgIpc) is 3.08. The van der Waals surface area contributed by atoms with E-state index in [-0.39, 0.29) is 11.9 Å². The fraction of sp³-hybridized carbons (Fsp3) is 0.533. The summed E-state index contributed by atoms with van der Waals surface area (Å²) in [5, 5.41) is 6.37. The number of rotatable bonds is 4. The second-order valence-electron chi connectivity index (χ2n) is 5.51. The Morgan fingerprint density at radius 3 is 3.15 bits per heavy atom. The lowest BCUT2D eigenvalue weighted by Crippen LogP contribution is -2.47. The number of hydrogen-bond acceptors (Lipinski definition) is 4. The Balaban J connectivity index is 1.73. The molecule has 2 heterocycles. The van der Waals surface area contributed by atoms with Gasteiger partial charge < -0.3 is 20.1 Å². The van der Waals surface area contributed by atoms with Gasteiger partial charge in [-0.1, -0.05) is 18.2 Å². The van der Waals surface area contributed by atoms with Gasteiger partial charge in [-0.05, 0) is 19.0 Å². The van der Waals surface area contributed by atoms with Crippen molar-refractivity contribution in [1.82, 2.24) is 10.6 Å². The molecule has 0 aromatic heterocycles. The summed E-state index contributed by atoms with van der Waals surface area (Å²) in [6, 6.07) is 7.78. The number of carbonyl (C=O) groups is 1. The molecule has 0 aliphatic carbocycles. The summed E-state index contributed by atoms with van der Waals surface area (Å²) >= 11 is 0. The standard InChI is InChI=1S/C15H20N2O3/c1-19-10-15(6-7-16-9-15)14(18)17-12-8-20-13-5-3-2-4-11(12)13/h2-5,12,16H,6-10H2,1H3,(H,17,18). The first-order valence-corrected chi connectivity index (χ1v) is 6.97. The van der Waals surface area contributed by atoms with Gasteiger partial charge in [0.1, 0.15) is 12.4 Å². The second-order valence-corrected chi connectivity index (χ2v) is 5.51. The third-order valence-corrected chi connectivity index (χ3v) is 4.15. The smallest absolute Gasteiger partial charge is 0.230 e. The van der Waals surface area contributed by atoms with Crippen LogP contribution in [-0.4, -0.2) is 39.3 Å². The topological polar surface area (TPSA) is 59.6 Å². The number of ether oxygens (including phenoxy) is 2. The van der Waals surface area contributed by atoms with E-state index in [0.717, 1.165) is 24.3 Å². The van der Waals surface area contributed by atoms with Crippen molar-refractivity contribution in [2.75, 3.05) is 33.4 Å². The van der Waals surface area contributed by atoms with Crippen molar-refractivity contribution in [1.29, 1.82) is 0 Å². The van der Waals surface area contributed by atoms with E-state index in [0.29, 0.717) is 19.8 Å². The molecule has 2 N–H and O–H groups in total. The lowest BCUT2D eigenvalue weighted by Gasteiger charge is -2.27. The molecule has 1 saturated heterocycles. The molecule has 2 aliphatic heterocycles. The van der Waals surface area contributed by atoms with E-state index >= 15 is 0 Å². The van der Waals surface area contributed by atoms with Crippen molar-refractivity contribution in [2.45, 2.75) is 12.5 Å². The van der Waals surface area contributed by atoms with Gasteiger partial charge in [-0.3, -0.25) is 4.79 Å². The van der Waals surface area contributed by atoms with Gasteiger partial charge in [0.05, 0.1) is 18.1 Å². The number of nitrogens with one attached hydrogen (secondary N) is 2. The second kappa shape index (κ2) is 5.42. The van der Waals surface area contributed by atoms with E-state index in [4.69, 9.17) is 9.47 Å². The van der Waals surface area contributed by atoms with Crippen molar-refractivity contribution in [2.24, 2.45) is 5.41 Å². The summed E-state index contributed by atoms with van der Waals surface area (Å²) in [5.41, 5.74) is 0.603. The summed E-state index contributed by atoms with van der Waals surface area (Å²) in [5.74, 6) is 0.915. The third-order valence-electron chi connectivity index (χ3n) is 4.15. The van der Waals surface area contributed by atoms with E-state index in [2.05, 4.69) is 10.6 Å². The Bertz CT molecular complexity index is 498. The van der Waals surface area contributed by atoms with Crippen LogP contribution in [0.5, 0.6) is 5.75 Å². The molecule has 0 radical (unpaired) electrons. The predicted octanol–water partition coefficient (Wildman–Crippen LogP) is 0.862. The zero-order valence-corrected chi connectivity index (χ0v) is 11.6. The molecular formula is C15H20N2O3. The Morgan fingerprint density at radius 1 is 1.55 bits per heavy atom. The lowest BCUT2D eigenvalue weighted by molar-refractivity contribution is -0.133. The number of benzene rings is 1. The summed E-state index contributed by atoms with van der Waals surface area (Å²) < 4.78 is 10.9. The zero-order valence-electron chi connectivity index (χ0n) is 11.6. The molecule has 1 fully saturated rings. The maximum absolute atomic E-state index is 12.6. The summed E-state index contributed by atoms with van der Waals surface area (Å²) in [7, 11) is 1.64. The minimum atomic E-state index is -0.452. The van der Waals surface area contributed by atoms with Gasteiger partial charge in [-0.25, -0.2) is 0 Å². The van der Waals surface area contributed by atoms with Crippen molar-refractivity contribution in [3.8, 4) is 5.75 Å². The maximum atomic E-state index is 12.6. The molecule has 2 aliphatic rings. The van der Waals surface area contributed by atoms with Crippen LogP contribution in [0.2, 0.25) is 0 Å². The minimum absolute atomic E-state index is 0.0506. The van der Waals surface area contributed by atoms with E-state index in [1.54, 1.807) is 7.11 Å². The zero-order chi connectivity index (χ0) is 14.0. The van der Waals surface area contributed by atoms with Crippen LogP contribution in [0.1, 0.15) is 18.0 Å². The van der Waals surface area contributed by atoms with Crippen molar-refractivity contribution >= 4 is 5.91 Å². The number of para-hydroxylation sites is 1. The highest BCUT2D eigenvalue weighted by Gasteiger charge is 2.42. The third kappa shape index (κ3) is 2.27. The monoisotopic (exact) mass is 276 g/mol. The highest BCUT2D eigenvalue weighted by Crippen LogP contribution is 2.33. The molecule has 0 bridgehead atoms. The first-order valence-electron chi connectivity index (χ1n) is 6.97. The first kappa shape index (κ1) is 13.4. The van der Waals surface area contributed by atoms with Gasteiger partial charge in [0, 0.05) is 19.2 Å². The van der Waals surface area contributed by atoms with Crippen LogP contribution < -0.4 is 15.4 Å². The van der Waals surface area contributed by atoms with Gasteiger partial charge in [-0.2, -0.15) is 0 Å². The molecule has 3 rings (SSSR count). The summed E-state index contributed by atoms with van der Waals surface area (Å²) in [6.45, 7) is 2.47. The van der Waals surface area contributed by atoms with Crippen LogP contribution in [0.25, 0.3) is 0 Å². The van der Waals surface area contributed by atoms with E-state index in [9.17, 15) is 4.79 Å². The van der Waals surface area contributed by atoms with Gasteiger partial charge in [0.2, 0.25) is 5.91 Å². The highest BCUT2D eigenvalue weighted by molar-refractivity contribution is 5.84. The van der Waals surface area contributed by atoms with E-state index in [1.807, 2.05) is 24.3 Å². The fourth-order valence-electron chi connectivity index (χ4n) is 3.00. The number of carbonyl (C=O) groups excluding carboxylic acids is 1. The lowest BCUT2D eigenvalue weighted by atomic mass is 9.86. The molecule has 108 valence electrons. The van der Waals surface area contributed by atoms with Crippen LogP contribution in [-0.2, 0) is 9.53 Å². The van der Waals surface area contributed by atoms with Crippen molar-refractivity contribution in [3.05, 3.63) is 29.8 Å². The Hall–Kier alpha value is -1.59. The molecule has 1 aromatic rings. The highest BCUT2D eigenvalue weighted by atomic mass is 16.5. The van der Waals surface area contributed by atoms with Gasteiger partial charge >= 0.3 is 0 Å². The molecule has 5 nitrogen and oxygen atoms in total. The molecule has 0 saturated carbocycles. The SMILES string of the molecule is COCC1(C(=O)NC2COc3ccccc32)CCNC1. The van der Waals surface area contributed by atoms with Crippen LogP contribution in [0.3, 0.4) is 0 Å². The molecule has 0 spiro atoms. The van der Waals surface area contributed by atoms with E-state index in [1.165, 1.54) is 0 Å².